The quantitative estimate of drug-likeness (QED) is 0.498. The van der Waals surface area contributed by atoms with E-state index >= 15 is 0 Å². The average Bonchev–Trinajstić information content (AvgIpc) is 3.43. The molecule has 2 heterocycles. The maximum Gasteiger partial charge on any atom is 0.471 e. The molecule has 0 unspecified atom stereocenters. The molecule has 8 nitrogen and oxygen atoms in total. The minimum absolute atomic E-state index is 0.0823. The third-order valence-electron chi connectivity index (χ3n) is 4.17. The lowest BCUT2D eigenvalue weighted by molar-refractivity contribution is -0.159. The number of hydrogen-bond donors (Lipinski definition) is 1. The van der Waals surface area contributed by atoms with Crippen molar-refractivity contribution in [3.8, 4) is 22.8 Å². The zero-order valence-electron chi connectivity index (χ0n) is 15.8. The first-order valence-electron chi connectivity index (χ1n) is 9.03. The Hall–Kier alpha value is -4.02. The van der Waals surface area contributed by atoms with Crippen LogP contribution in [-0.2, 0) is 23.9 Å². The van der Waals surface area contributed by atoms with E-state index in [1.165, 1.54) is 12.1 Å². The minimum Gasteiger partial charge on any atom is -0.420 e. The fourth-order valence-electron chi connectivity index (χ4n) is 2.66. The van der Waals surface area contributed by atoms with Crippen molar-refractivity contribution in [2.24, 2.45) is 0 Å². The van der Waals surface area contributed by atoms with Crippen LogP contribution >= 0.6 is 0 Å². The van der Waals surface area contributed by atoms with E-state index in [0.717, 1.165) is 5.56 Å². The Balaban J connectivity index is 1.38. The van der Waals surface area contributed by atoms with E-state index in [-0.39, 0.29) is 29.9 Å². The van der Waals surface area contributed by atoms with Crippen LogP contribution in [0, 0.1) is 0 Å². The number of halogens is 3. The van der Waals surface area contributed by atoms with Gasteiger partial charge in [0.25, 0.3) is 0 Å². The van der Waals surface area contributed by atoms with Crippen molar-refractivity contribution >= 4 is 5.91 Å². The zero-order valence-corrected chi connectivity index (χ0v) is 15.8. The summed E-state index contributed by atoms with van der Waals surface area (Å²) in [5.74, 6) is -1.58. The summed E-state index contributed by atoms with van der Waals surface area (Å²) in [7, 11) is 0. The van der Waals surface area contributed by atoms with Crippen molar-refractivity contribution in [2.75, 3.05) is 0 Å². The summed E-state index contributed by atoms with van der Waals surface area (Å²) in [4.78, 5) is 15.4. The van der Waals surface area contributed by atoms with Gasteiger partial charge in [0, 0.05) is 17.7 Å². The van der Waals surface area contributed by atoms with Gasteiger partial charge in [-0.25, -0.2) is 0 Å². The van der Waals surface area contributed by atoms with Gasteiger partial charge >= 0.3 is 12.1 Å². The van der Waals surface area contributed by atoms with Crippen LogP contribution in [0.5, 0.6) is 0 Å². The molecule has 31 heavy (non-hydrogen) atoms. The van der Waals surface area contributed by atoms with E-state index in [0.29, 0.717) is 17.7 Å². The Bertz CT molecular complexity index is 1170. The smallest absolute Gasteiger partial charge is 0.420 e. The van der Waals surface area contributed by atoms with Gasteiger partial charge in [-0.05, 0) is 17.7 Å². The van der Waals surface area contributed by atoms with E-state index in [2.05, 4.69) is 30.2 Å². The minimum atomic E-state index is -4.71. The maximum absolute atomic E-state index is 12.6. The van der Waals surface area contributed by atoms with Gasteiger partial charge in [0.2, 0.25) is 23.5 Å². The largest absolute Gasteiger partial charge is 0.471 e. The number of amides is 1. The molecule has 0 aliphatic carbocycles. The van der Waals surface area contributed by atoms with Crippen molar-refractivity contribution in [3.63, 3.8) is 0 Å². The molecule has 4 rings (SSSR count). The second kappa shape index (κ2) is 8.38. The molecule has 0 atom stereocenters. The SMILES string of the molecule is O=C(Cc1nnc(-c2ccc(-c3noc(C(F)(F)F)n3)cc2)o1)NCc1ccccc1. The number of carbonyl (C=O) groups excluding carboxylic acids is 1. The van der Waals surface area contributed by atoms with Crippen LogP contribution in [0.15, 0.2) is 63.5 Å². The lowest BCUT2D eigenvalue weighted by atomic mass is 10.1. The molecule has 0 spiro atoms. The van der Waals surface area contributed by atoms with Gasteiger partial charge in [-0.3, -0.25) is 4.79 Å². The van der Waals surface area contributed by atoms with Gasteiger partial charge in [-0.1, -0.05) is 47.6 Å². The summed E-state index contributed by atoms with van der Waals surface area (Å²) in [6.45, 7) is 0.383. The highest BCUT2D eigenvalue weighted by Gasteiger charge is 2.38. The van der Waals surface area contributed by atoms with Crippen LogP contribution in [0.25, 0.3) is 22.8 Å². The molecule has 1 N–H and O–H groups in total. The topological polar surface area (TPSA) is 107 Å². The van der Waals surface area contributed by atoms with Gasteiger partial charge in [0.1, 0.15) is 6.42 Å². The van der Waals surface area contributed by atoms with Crippen LogP contribution in [0.3, 0.4) is 0 Å². The van der Waals surface area contributed by atoms with Gasteiger partial charge in [0.05, 0.1) is 0 Å². The van der Waals surface area contributed by atoms with Gasteiger partial charge < -0.3 is 14.3 Å². The number of aromatic nitrogens is 4. The molecule has 0 saturated heterocycles. The van der Waals surface area contributed by atoms with E-state index in [9.17, 15) is 18.0 Å². The molecule has 158 valence electrons. The van der Waals surface area contributed by atoms with E-state index in [1.807, 2.05) is 30.3 Å². The molecule has 2 aromatic carbocycles. The monoisotopic (exact) mass is 429 g/mol. The van der Waals surface area contributed by atoms with Crippen LogP contribution in [0.4, 0.5) is 13.2 Å². The first-order valence-corrected chi connectivity index (χ1v) is 9.03. The predicted octanol–water partition coefficient (Wildman–Crippen LogP) is 3.66. The lowest BCUT2D eigenvalue weighted by Gasteiger charge is -2.03. The molecule has 0 saturated carbocycles. The number of nitrogens with one attached hydrogen (secondary N) is 1. The number of benzene rings is 2. The Kier molecular flexibility index (Phi) is 5.48. The summed E-state index contributed by atoms with van der Waals surface area (Å²) in [5, 5.41) is 13.9. The molecule has 4 aromatic rings. The highest BCUT2D eigenvalue weighted by molar-refractivity contribution is 5.77. The first-order chi connectivity index (χ1) is 14.9. The fraction of sp³-hybridized carbons (Fsp3) is 0.150. The van der Waals surface area contributed by atoms with Gasteiger partial charge in [-0.2, -0.15) is 18.2 Å². The Morgan fingerprint density at radius 3 is 2.35 bits per heavy atom. The van der Waals surface area contributed by atoms with Crippen LogP contribution in [-0.4, -0.2) is 26.2 Å². The Labute approximate surface area is 173 Å². The normalized spacial score (nSPS) is 11.5. The third-order valence-corrected chi connectivity index (χ3v) is 4.17. The summed E-state index contributed by atoms with van der Waals surface area (Å²) in [5.41, 5.74) is 1.81. The van der Waals surface area contributed by atoms with Crippen LogP contribution in [0.2, 0.25) is 0 Å². The van der Waals surface area contributed by atoms with Crippen molar-refractivity contribution in [2.45, 2.75) is 19.1 Å². The summed E-state index contributed by atoms with van der Waals surface area (Å²) in [6, 6.07) is 15.6. The van der Waals surface area contributed by atoms with Crippen LogP contribution < -0.4 is 5.32 Å². The third kappa shape index (κ3) is 4.94. The molecule has 0 bridgehead atoms. The molecule has 11 heteroatoms. The second-order valence-corrected chi connectivity index (χ2v) is 6.44. The predicted molar refractivity (Wildman–Crippen MR) is 100 cm³/mol. The van der Waals surface area contributed by atoms with Gasteiger partial charge in [0.15, 0.2) is 0 Å². The standard InChI is InChI=1S/C20H14F3N5O3/c21-20(22,23)19-25-17(28-31-19)13-6-8-14(9-7-13)18-27-26-16(30-18)10-15(29)24-11-12-4-2-1-3-5-12/h1-9H,10-11H2,(H,24,29). The molecule has 2 aromatic heterocycles. The molecular formula is C20H14F3N5O3. The number of carbonyl (C=O) groups is 1. The van der Waals surface area contributed by atoms with E-state index in [1.54, 1.807) is 12.1 Å². The van der Waals surface area contributed by atoms with Crippen molar-refractivity contribution in [3.05, 3.63) is 71.9 Å². The molecular weight excluding hydrogens is 415 g/mol. The average molecular weight is 429 g/mol. The van der Waals surface area contributed by atoms with Crippen LogP contribution in [0.1, 0.15) is 17.3 Å². The Morgan fingerprint density at radius 2 is 1.68 bits per heavy atom. The highest BCUT2D eigenvalue weighted by atomic mass is 19.4. The summed E-state index contributed by atoms with van der Waals surface area (Å²) < 4.78 is 47.5. The highest BCUT2D eigenvalue weighted by Crippen LogP contribution is 2.30. The molecule has 0 aliphatic rings. The fourth-order valence-corrected chi connectivity index (χ4v) is 2.66. The van der Waals surface area contributed by atoms with Crippen molar-refractivity contribution < 1.29 is 26.9 Å². The number of alkyl halides is 3. The number of rotatable bonds is 6. The molecule has 0 radical (unpaired) electrons. The zero-order chi connectivity index (χ0) is 21.8. The summed E-state index contributed by atoms with van der Waals surface area (Å²) >= 11 is 0. The Morgan fingerprint density at radius 1 is 0.968 bits per heavy atom. The first kappa shape index (κ1) is 20.3. The molecule has 0 aliphatic heterocycles. The number of nitrogens with zero attached hydrogens (tertiary/aromatic N) is 4. The lowest BCUT2D eigenvalue weighted by Crippen LogP contribution is -2.24. The van der Waals surface area contributed by atoms with Crippen molar-refractivity contribution in [1.29, 1.82) is 0 Å². The maximum atomic E-state index is 12.6. The van der Waals surface area contributed by atoms with Crippen molar-refractivity contribution in [1.82, 2.24) is 25.7 Å². The van der Waals surface area contributed by atoms with E-state index < -0.39 is 12.1 Å². The number of hydrogen-bond acceptors (Lipinski definition) is 7. The summed E-state index contributed by atoms with van der Waals surface area (Å²) in [6.07, 6.45) is -4.79. The van der Waals surface area contributed by atoms with Gasteiger partial charge in [-0.15, -0.1) is 10.2 Å². The molecule has 1 amide bonds. The van der Waals surface area contributed by atoms with E-state index in [4.69, 9.17) is 4.42 Å². The molecule has 0 fully saturated rings. The second-order valence-electron chi connectivity index (χ2n) is 6.44.